The molecule has 0 unspecified atom stereocenters. The van der Waals surface area contributed by atoms with E-state index in [9.17, 15) is 9.18 Å². The Bertz CT molecular complexity index is 699. The van der Waals surface area contributed by atoms with E-state index < -0.39 is 0 Å². The van der Waals surface area contributed by atoms with E-state index in [-0.39, 0.29) is 11.7 Å². The molecule has 1 saturated carbocycles. The lowest BCUT2D eigenvalue weighted by molar-refractivity contribution is -0.117. The van der Waals surface area contributed by atoms with Crippen LogP contribution in [0.3, 0.4) is 0 Å². The summed E-state index contributed by atoms with van der Waals surface area (Å²) in [6.07, 6.45) is 2.23. The predicted molar refractivity (Wildman–Crippen MR) is 91.5 cm³/mol. The van der Waals surface area contributed by atoms with Crippen LogP contribution in [0.4, 0.5) is 10.1 Å². The van der Waals surface area contributed by atoms with Crippen LogP contribution in [0.2, 0.25) is 0 Å². The highest BCUT2D eigenvalue weighted by Gasteiger charge is 2.30. The molecule has 5 heteroatoms. The first kappa shape index (κ1) is 16.5. The fourth-order valence-electron chi connectivity index (χ4n) is 2.67. The van der Waals surface area contributed by atoms with Crippen LogP contribution in [0.1, 0.15) is 18.4 Å². The Morgan fingerprint density at radius 3 is 2.62 bits per heavy atom. The first-order chi connectivity index (χ1) is 11.6. The smallest absolute Gasteiger partial charge is 0.238 e. The molecule has 4 nitrogen and oxygen atoms in total. The third kappa shape index (κ3) is 4.55. The van der Waals surface area contributed by atoms with Crippen molar-refractivity contribution >= 4 is 11.6 Å². The summed E-state index contributed by atoms with van der Waals surface area (Å²) >= 11 is 0. The van der Waals surface area contributed by atoms with Gasteiger partial charge < -0.3 is 10.1 Å². The van der Waals surface area contributed by atoms with Gasteiger partial charge >= 0.3 is 0 Å². The van der Waals surface area contributed by atoms with Gasteiger partial charge in [0.15, 0.2) is 0 Å². The summed E-state index contributed by atoms with van der Waals surface area (Å²) in [5.41, 5.74) is 1.63. The van der Waals surface area contributed by atoms with Gasteiger partial charge in [-0.2, -0.15) is 0 Å². The number of hydrogen-bond donors (Lipinski definition) is 1. The summed E-state index contributed by atoms with van der Waals surface area (Å²) in [6.45, 7) is 1.01. The Balaban J connectivity index is 1.60. The van der Waals surface area contributed by atoms with Gasteiger partial charge in [-0.15, -0.1) is 0 Å². The lowest BCUT2D eigenvalue weighted by Gasteiger charge is -2.21. The average molecular weight is 328 g/mol. The molecule has 1 N–H and O–H groups in total. The number of halogens is 1. The summed E-state index contributed by atoms with van der Waals surface area (Å²) < 4.78 is 18.4. The normalized spacial score (nSPS) is 13.8. The minimum atomic E-state index is -0.356. The maximum absolute atomic E-state index is 13.2. The van der Waals surface area contributed by atoms with Crippen molar-refractivity contribution in [2.24, 2.45) is 0 Å². The van der Waals surface area contributed by atoms with Crippen LogP contribution in [-0.2, 0) is 11.3 Å². The SMILES string of the molecule is COc1ccc(CN(CC(=O)Nc2cccc(F)c2)C2CC2)cc1. The topological polar surface area (TPSA) is 41.6 Å². The van der Waals surface area contributed by atoms with Crippen LogP contribution in [-0.4, -0.2) is 30.5 Å². The molecule has 0 saturated heterocycles. The average Bonchev–Trinajstić information content (AvgIpc) is 3.40. The predicted octanol–water partition coefficient (Wildman–Crippen LogP) is 3.44. The number of methoxy groups -OCH3 is 1. The zero-order valence-electron chi connectivity index (χ0n) is 13.7. The quantitative estimate of drug-likeness (QED) is 0.846. The van der Waals surface area contributed by atoms with Crippen molar-refractivity contribution < 1.29 is 13.9 Å². The van der Waals surface area contributed by atoms with Crippen LogP contribution < -0.4 is 10.1 Å². The van der Waals surface area contributed by atoms with E-state index >= 15 is 0 Å². The van der Waals surface area contributed by atoms with E-state index in [4.69, 9.17) is 4.74 Å². The fourth-order valence-corrected chi connectivity index (χ4v) is 2.67. The largest absolute Gasteiger partial charge is 0.497 e. The lowest BCUT2D eigenvalue weighted by atomic mass is 10.2. The molecule has 1 fully saturated rings. The van der Waals surface area contributed by atoms with Crippen LogP contribution in [0.5, 0.6) is 5.75 Å². The fraction of sp³-hybridized carbons (Fsp3) is 0.316. The number of nitrogens with one attached hydrogen (secondary N) is 1. The van der Waals surface area contributed by atoms with Crippen molar-refractivity contribution in [3.63, 3.8) is 0 Å². The van der Waals surface area contributed by atoms with Crippen molar-refractivity contribution in [2.75, 3.05) is 19.0 Å². The lowest BCUT2D eigenvalue weighted by Crippen LogP contribution is -2.34. The zero-order chi connectivity index (χ0) is 16.9. The van der Waals surface area contributed by atoms with Gasteiger partial charge in [0.25, 0.3) is 0 Å². The van der Waals surface area contributed by atoms with E-state index in [1.807, 2.05) is 24.3 Å². The Labute approximate surface area is 141 Å². The Morgan fingerprint density at radius 2 is 2.00 bits per heavy atom. The van der Waals surface area contributed by atoms with E-state index in [1.54, 1.807) is 19.2 Å². The molecule has 0 heterocycles. The summed E-state index contributed by atoms with van der Waals surface area (Å²) in [6, 6.07) is 14.3. The van der Waals surface area contributed by atoms with Crippen molar-refractivity contribution in [1.82, 2.24) is 4.90 Å². The highest BCUT2D eigenvalue weighted by molar-refractivity contribution is 5.92. The number of carbonyl (C=O) groups is 1. The third-order valence-electron chi connectivity index (χ3n) is 4.06. The van der Waals surface area contributed by atoms with Gasteiger partial charge in [-0.3, -0.25) is 9.69 Å². The van der Waals surface area contributed by atoms with Crippen LogP contribution in [0, 0.1) is 5.82 Å². The van der Waals surface area contributed by atoms with Gasteiger partial charge in [0.05, 0.1) is 13.7 Å². The van der Waals surface area contributed by atoms with Crippen LogP contribution >= 0.6 is 0 Å². The maximum atomic E-state index is 13.2. The summed E-state index contributed by atoms with van der Waals surface area (Å²) in [4.78, 5) is 14.4. The van der Waals surface area contributed by atoms with E-state index in [0.717, 1.165) is 24.2 Å². The molecule has 2 aromatic carbocycles. The van der Waals surface area contributed by atoms with Gasteiger partial charge in [0.1, 0.15) is 11.6 Å². The molecule has 0 atom stereocenters. The number of benzene rings is 2. The van der Waals surface area contributed by atoms with E-state index in [2.05, 4.69) is 10.2 Å². The molecule has 1 aliphatic carbocycles. The Morgan fingerprint density at radius 1 is 1.25 bits per heavy atom. The van der Waals surface area contributed by atoms with Gasteiger partial charge in [-0.05, 0) is 48.7 Å². The molecular formula is C19H21FN2O2. The molecule has 0 aromatic heterocycles. The molecular weight excluding hydrogens is 307 g/mol. The highest BCUT2D eigenvalue weighted by atomic mass is 19.1. The summed E-state index contributed by atoms with van der Waals surface area (Å²) in [7, 11) is 1.64. The standard InChI is InChI=1S/C19H21FN2O2/c1-24-18-9-5-14(6-10-18)12-22(17-7-8-17)13-19(23)21-16-4-2-3-15(20)11-16/h2-6,9-11,17H,7-8,12-13H2,1H3,(H,21,23). The minimum Gasteiger partial charge on any atom is -0.497 e. The number of hydrogen-bond acceptors (Lipinski definition) is 3. The van der Waals surface area contributed by atoms with Crippen molar-refractivity contribution in [1.29, 1.82) is 0 Å². The van der Waals surface area contributed by atoms with E-state index in [1.165, 1.54) is 12.1 Å². The van der Waals surface area contributed by atoms with Gasteiger partial charge in [0, 0.05) is 18.3 Å². The summed E-state index contributed by atoms with van der Waals surface area (Å²) in [5, 5.41) is 2.76. The molecule has 24 heavy (non-hydrogen) atoms. The van der Waals surface area contributed by atoms with Crippen molar-refractivity contribution in [3.8, 4) is 5.75 Å². The third-order valence-corrected chi connectivity index (χ3v) is 4.06. The number of anilines is 1. The van der Waals surface area contributed by atoms with Crippen LogP contribution in [0.15, 0.2) is 48.5 Å². The molecule has 1 aliphatic rings. The molecule has 3 rings (SSSR count). The number of ether oxygens (including phenoxy) is 1. The highest BCUT2D eigenvalue weighted by Crippen LogP contribution is 2.28. The Kier molecular flexibility index (Phi) is 5.11. The van der Waals surface area contributed by atoms with E-state index in [0.29, 0.717) is 24.8 Å². The van der Waals surface area contributed by atoms with Gasteiger partial charge in [0.2, 0.25) is 5.91 Å². The second-order valence-corrected chi connectivity index (χ2v) is 6.04. The molecule has 2 aromatic rings. The van der Waals surface area contributed by atoms with Crippen molar-refractivity contribution in [3.05, 3.63) is 59.9 Å². The molecule has 0 spiro atoms. The number of carbonyl (C=O) groups excluding carboxylic acids is 1. The second kappa shape index (κ2) is 7.45. The Hall–Kier alpha value is -2.40. The molecule has 1 amide bonds. The number of amides is 1. The molecule has 126 valence electrons. The van der Waals surface area contributed by atoms with Crippen LogP contribution in [0.25, 0.3) is 0 Å². The minimum absolute atomic E-state index is 0.124. The first-order valence-corrected chi connectivity index (χ1v) is 8.06. The monoisotopic (exact) mass is 328 g/mol. The van der Waals surface area contributed by atoms with Gasteiger partial charge in [-0.1, -0.05) is 18.2 Å². The number of rotatable bonds is 7. The summed E-state index contributed by atoms with van der Waals surface area (Å²) in [5.74, 6) is 0.340. The maximum Gasteiger partial charge on any atom is 0.238 e. The zero-order valence-corrected chi connectivity index (χ0v) is 13.7. The van der Waals surface area contributed by atoms with Gasteiger partial charge in [-0.25, -0.2) is 4.39 Å². The first-order valence-electron chi connectivity index (χ1n) is 8.06. The second-order valence-electron chi connectivity index (χ2n) is 6.04. The van der Waals surface area contributed by atoms with Crippen molar-refractivity contribution in [2.45, 2.75) is 25.4 Å². The number of nitrogens with zero attached hydrogens (tertiary/aromatic N) is 1. The molecule has 0 aliphatic heterocycles. The molecule has 0 radical (unpaired) electrons. The molecule has 0 bridgehead atoms.